The van der Waals surface area contributed by atoms with Crippen LogP contribution in [-0.2, 0) is 13.8 Å². The highest BCUT2D eigenvalue weighted by atomic mass is 35.7. The van der Waals surface area contributed by atoms with Crippen LogP contribution in [0.3, 0.4) is 0 Å². The van der Waals surface area contributed by atoms with Crippen molar-refractivity contribution in [2.24, 2.45) is 5.92 Å². The zero-order chi connectivity index (χ0) is 8.36. The first-order valence-electron chi connectivity index (χ1n) is 2.48. The summed E-state index contributed by atoms with van der Waals surface area (Å²) in [4.78, 5) is 10.1. The van der Waals surface area contributed by atoms with Crippen molar-refractivity contribution in [1.29, 1.82) is 0 Å². The number of hydrogen-bond donors (Lipinski definition) is 1. The minimum Gasteiger partial charge on any atom is -0.481 e. The maximum atomic E-state index is 10.2. The smallest absolute Gasteiger partial charge is 0.307 e. The molecule has 0 radical (unpaired) electrons. The Balaban J connectivity index is 4.06. The van der Waals surface area contributed by atoms with Crippen LogP contribution in [0.25, 0.3) is 0 Å². The third kappa shape index (κ3) is 4.58. The molecule has 0 bridgehead atoms. The number of carboxylic acid groups (broad SMARTS) is 1. The van der Waals surface area contributed by atoms with E-state index in [-0.39, 0.29) is 0 Å². The minimum absolute atomic E-state index is 0.524. The SMILES string of the molecule is C[C@@H](CS(=O)(=O)Cl)C(=O)O. The molecule has 0 aliphatic carbocycles. The summed E-state index contributed by atoms with van der Waals surface area (Å²) in [5.74, 6) is -2.63. The van der Waals surface area contributed by atoms with Gasteiger partial charge in [0.25, 0.3) is 0 Å². The van der Waals surface area contributed by atoms with E-state index in [1.54, 1.807) is 0 Å². The van der Waals surface area contributed by atoms with Crippen LogP contribution < -0.4 is 0 Å². The van der Waals surface area contributed by atoms with E-state index < -0.39 is 26.7 Å². The van der Waals surface area contributed by atoms with E-state index in [4.69, 9.17) is 15.8 Å². The van der Waals surface area contributed by atoms with Gasteiger partial charge in [-0.05, 0) is 0 Å². The summed E-state index contributed by atoms with van der Waals surface area (Å²) in [5.41, 5.74) is 0. The van der Waals surface area contributed by atoms with Gasteiger partial charge in [-0.2, -0.15) is 0 Å². The van der Waals surface area contributed by atoms with Crippen molar-refractivity contribution in [3.05, 3.63) is 0 Å². The van der Waals surface area contributed by atoms with E-state index >= 15 is 0 Å². The number of carbonyl (C=O) groups is 1. The predicted molar refractivity (Wildman–Crippen MR) is 36.4 cm³/mol. The summed E-state index contributed by atoms with van der Waals surface area (Å²) < 4.78 is 20.5. The number of hydrogen-bond acceptors (Lipinski definition) is 3. The van der Waals surface area contributed by atoms with Gasteiger partial charge in [-0.25, -0.2) is 8.42 Å². The highest BCUT2D eigenvalue weighted by Gasteiger charge is 2.18. The molecule has 1 N–H and O–H groups in total. The van der Waals surface area contributed by atoms with Gasteiger partial charge < -0.3 is 5.11 Å². The van der Waals surface area contributed by atoms with Crippen LogP contribution >= 0.6 is 10.7 Å². The van der Waals surface area contributed by atoms with Crippen molar-refractivity contribution in [1.82, 2.24) is 0 Å². The normalized spacial score (nSPS) is 14.6. The molecule has 0 fully saturated rings. The number of halogens is 1. The molecule has 0 aliphatic heterocycles. The molecule has 0 aromatic carbocycles. The second-order valence-corrected chi connectivity index (χ2v) is 4.77. The molecule has 1 atom stereocenters. The van der Waals surface area contributed by atoms with Crippen LogP contribution in [0.4, 0.5) is 0 Å². The van der Waals surface area contributed by atoms with Gasteiger partial charge in [-0.15, -0.1) is 0 Å². The zero-order valence-corrected chi connectivity index (χ0v) is 6.82. The Morgan fingerprint density at radius 3 is 2.20 bits per heavy atom. The van der Waals surface area contributed by atoms with Gasteiger partial charge in [0.1, 0.15) is 0 Å². The van der Waals surface area contributed by atoms with Gasteiger partial charge >= 0.3 is 5.97 Å². The quantitative estimate of drug-likeness (QED) is 0.643. The van der Waals surface area contributed by atoms with E-state index in [1.807, 2.05) is 0 Å². The molecule has 4 nitrogen and oxygen atoms in total. The summed E-state index contributed by atoms with van der Waals surface area (Å²) >= 11 is 0. The highest BCUT2D eigenvalue weighted by molar-refractivity contribution is 8.13. The number of aliphatic carboxylic acids is 1. The lowest BCUT2D eigenvalue weighted by Gasteiger charge is -2.00. The predicted octanol–water partition coefficient (Wildman–Crippen LogP) is 0.276. The summed E-state index contributed by atoms with van der Waals surface area (Å²) in [6.45, 7) is 1.28. The first-order chi connectivity index (χ1) is 4.33. The highest BCUT2D eigenvalue weighted by Crippen LogP contribution is 2.04. The largest absolute Gasteiger partial charge is 0.481 e. The minimum atomic E-state index is -3.68. The van der Waals surface area contributed by atoms with Crippen LogP contribution in [0.2, 0.25) is 0 Å². The summed E-state index contributed by atoms with van der Waals surface area (Å²) in [6, 6.07) is 0. The Kier molecular flexibility index (Phi) is 3.11. The molecule has 0 aliphatic rings. The zero-order valence-electron chi connectivity index (χ0n) is 5.24. The molecule has 10 heavy (non-hydrogen) atoms. The summed E-state index contributed by atoms with van der Waals surface area (Å²) in [7, 11) is 1.10. The Morgan fingerprint density at radius 1 is 1.70 bits per heavy atom. The Hall–Kier alpha value is -0.290. The van der Waals surface area contributed by atoms with E-state index in [9.17, 15) is 13.2 Å². The second-order valence-electron chi connectivity index (χ2n) is 1.94. The molecule has 0 heterocycles. The van der Waals surface area contributed by atoms with Crippen LogP contribution in [0, 0.1) is 5.92 Å². The molecule has 0 spiro atoms. The van der Waals surface area contributed by atoms with Gasteiger partial charge in [0.05, 0.1) is 11.7 Å². The van der Waals surface area contributed by atoms with Crippen LogP contribution in [0.5, 0.6) is 0 Å². The van der Waals surface area contributed by atoms with Crippen molar-refractivity contribution in [2.45, 2.75) is 6.92 Å². The molecule has 0 aromatic rings. The average Bonchev–Trinajstić information content (AvgIpc) is 1.60. The fraction of sp³-hybridized carbons (Fsp3) is 0.750. The van der Waals surface area contributed by atoms with Crippen molar-refractivity contribution in [3.63, 3.8) is 0 Å². The molecule has 0 saturated heterocycles. The van der Waals surface area contributed by atoms with Crippen molar-refractivity contribution in [3.8, 4) is 0 Å². The summed E-state index contributed by atoms with van der Waals surface area (Å²) in [5, 5.41) is 8.22. The number of rotatable bonds is 3. The Morgan fingerprint density at radius 2 is 2.10 bits per heavy atom. The molecular weight excluding hydrogens is 180 g/mol. The molecule has 60 valence electrons. The fourth-order valence-corrected chi connectivity index (χ4v) is 1.68. The van der Waals surface area contributed by atoms with Gasteiger partial charge in [0, 0.05) is 10.7 Å². The lowest BCUT2D eigenvalue weighted by molar-refractivity contribution is -0.140. The fourth-order valence-electron chi connectivity index (χ4n) is 0.370. The molecule has 0 aromatic heterocycles. The van der Waals surface area contributed by atoms with Crippen molar-refractivity contribution in [2.75, 3.05) is 5.75 Å². The van der Waals surface area contributed by atoms with Gasteiger partial charge in [0.15, 0.2) is 0 Å². The topological polar surface area (TPSA) is 71.4 Å². The summed E-state index contributed by atoms with van der Waals surface area (Å²) in [6.07, 6.45) is 0. The Bertz CT molecular complexity index is 219. The Labute approximate surface area is 63.2 Å². The van der Waals surface area contributed by atoms with E-state index in [0.717, 1.165) is 0 Å². The van der Waals surface area contributed by atoms with Crippen molar-refractivity contribution < 1.29 is 18.3 Å². The van der Waals surface area contributed by atoms with E-state index in [1.165, 1.54) is 6.92 Å². The molecule has 0 saturated carbocycles. The van der Waals surface area contributed by atoms with E-state index in [0.29, 0.717) is 0 Å². The lowest BCUT2D eigenvalue weighted by atomic mass is 10.2. The maximum Gasteiger partial charge on any atom is 0.307 e. The first kappa shape index (κ1) is 9.71. The molecule has 0 amide bonds. The van der Waals surface area contributed by atoms with Gasteiger partial charge in [-0.1, -0.05) is 6.92 Å². The second kappa shape index (κ2) is 3.21. The van der Waals surface area contributed by atoms with Gasteiger partial charge in [0.2, 0.25) is 9.05 Å². The monoisotopic (exact) mass is 186 g/mol. The average molecular weight is 187 g/mol. The van der Waals surface area contributed by atoms with Crippen LogP contribution in [-0.4, -0.2) is 25.2 Å². The molecule has 0 rings (SSSR count). The lowest BCUT2D eigenvalue weighted by Crippen LogP contribution is -2.17. The van der Waals surface area contributed by atoms with Crippen molar-refractivity contribution >= 4 is 25.7 Å². The maximum absolute atomic E-state index is 10.2. The van der Waals surface area contributed by atoms with Crippen LogP contribution in [0.1, 0.15) is 6.92 Å². The standard InChI is InChI=1S/C4H7ClO4S/c1-3(4(6)7)2-10(5,8)9/h3H,2H2,1H3,(H,6,7)/t3-/m0/s1. The molecule has 6 heteroatoms. The van der Waals surface area contributed by atoms with Gasteiger partial charge in [-0.3, -0.25) is 4.79 Å². The first-order valence-corrected chi connectivity index (χ1v) is 4.96. The molecular formula is C4H7ClO4S. The van der Waals surface area contributed by atoms with Crippen LogP contribution in [0.15, 0.2) is 0 Å². The third-order valence-corrected chi connectivity index (χ3v) is 2.15. The molecule has 0 unspecified atom stereocenters. The number of carboxylic acids is 1. The van der Waals surface area contributed by atoms with E-state index in [2.05, 4.69) is 0 Å². The third-order valence-electron chi connectivity index (χ3n) is 0.871.